The summed E-state index contributed by atoms with van der Waals surface area (Å²) in [6, 6.07) is 12.2. The predicted molar refractivity (Wildman–Crippen MR) is 124 cm³/mol. The SMILES string of the molecule is CCCc1c(OCCCCCCc2ccc3cc(O)c(O)cc3c2)ccc(C(=O)O)c1O. The van der Waals surface area contributed by atoms with Crippen LogP contribution in [-0.2, 0) is 12.8 Å². The zero-order valence-corrected chi connectivity index (χ0v) is 18.3. The van der Waals surface area contributed by atoms with Gasteiger partial charge in [-0.15, -0.1) is 0 Å². The molecule has 3 aromatic carbocycles. The van der Waals surface area contributed by atoms with Crippen LogP contribution in [0.15, 0.2) is 42.5 Å². The van der Waals surface area contributed by atoms with Gasteiger partial charge in [-0.05, 0) is 66.3 Å². The fourth-order valence-corrected chi connectivity index (χ4v) is 3.86. The van der Waals surface area contributed by atoms with E-state index in [4.69, 9.17) is 4.74 Å². The summed E-state index contributed by atoms with van der Waals surface area (Å²) in [6.07, 6.45) is 6.23. The highest BCUT2D eigenvalue weighted by atomic mass is 16.5. The molecule has 0 aromatic heterocycles. The van der Waals surface area contributed by atoms with Crippen molar-refractivity contribution in [2.75, 3.05) is 6.61 Å². The number of aromatic carboxylic acids is 1. The maximum atomic E-state index is 11.2. The first-order chi connectivity index (χ1) is 15.4. The van der Waals surface area contributed by atoms with Gasteiger partial charge in [0, 0.05) is 5.56 Å². The normalized spacial score (nSPS) is 11.0. The summed E-state index contributed by atoms with van der Waals surface area (Å²) in [5, 5.41) is 40.5. The fraction of sp³-hybridized carbons (Fsp3) is 0.346. The Balaban J connectivity index is 1.44. The number of aryl methyl sites for hydroxylation is 1. The van der Waals surface area contributed by atoms with Crippen LogP contribution in [0, 0.1) is 0 Å². The van der Waals surface area contributed by atoms with E-state index in [2.05, 4.69) is 0 Å². The second-order valence-electron chi connectivity index (χ2n) is 8.03. The predicted octanol–water partition coefficient (Wildman–Crippen LogP) is 5.79. The Morgan fingerprint density at radius 2 is 1.56 bits per heavy atom. The number of benzene rings is 3. The zero-order valence-electron chi connectivity index (χ0n) is 18.3. The summed E-state index contributed by atoms with van der Waals surface area (Å²) in [4.78, 5) is 11.2. The molecule has 4 N–H and O–H groups in total. The van der Waals surface area contributed by atoms with E-state index in [0.29, 0.717) is 24.3 Å². The average Bonchev–Trinajstić information content (AvgIpc) is 2.76. The molecule has 0 atom stereocenters. The molecule has 0 bridgehead atoms. The van der Waals surface area contributed by atoms with Crippen molar-refractivity contribution < 1.29 is 30.0 Å². The lowest BCUT2D eigenvalue weighted by molar-refractivity contribution is 0.0693. The van der Waals surface area contributed by atoms with Crippen molar-refractivity contribution in [3.05, 3.63) is 59.2 Å². The minimum atomic E-state index is -1.15. The lowest BCUT2D eigenvalue weighted by Gasteiger charge is -2.14. The monoisotopic (exact) mass is 438 g/mol. The van der Waals surface area contributed by atoms with Crippen molar-refractivity contribution in [2.24, 2.45) is 0 Å². The van der Waals surface area contributed by atoms with Gasteiger partial charge in [0.1, 0.15) is 17.1 Å². The number of phenols is 3. The maximum Gasteiger partial charge on any atom is 0.339 e. The summed E-state index contributed by atoms with van der Waals surface area (Å²) in [6.45, 7) is 2.49. The Morgan fingerprint density at radius 1 is 0.844 bits per heavy atom. The molecular formula is C26H30O6. The molecule has 3 rings (SSSR count). The Morgan fingerprint density at radius 3 is 2.28 bits per heavy atom. The number of hydrogen-bond acceptors (Lipinski definition) is 5. The molecule has 0 amide bonds. The summed E-state index contributed by atoms with van der Waals surface area (Å²) >= 11 is 0. The lowest BCUT2D eigenvalue weighted by atomic mass is 10.0. The van der Waals surface area contributed by atoms with Crippen LogP contribution in [0.2, 0.25) is 0 Å². The van der Waals surface area contributed by atoms with Gasteiger partial charge in [0.05, 0.1) is 6.61 Å². The van der Waals surface area contributed by atoms with Crippen LogP contribution in [0.25, 0.3) is 10.8 Å². The number of phenolic OH excluding ortho intramolecular Hbond substituents is 2. The third kappa shape index (κ3) is 5.63. The van der Waals surface area contributed by atoms with Crippen molar-refractivity contribution >= 4 is 16.7 Å². The molecule has 6 heteroatoms. The van der Waals surface area contributed by atoms with Gasteiger partial charge in [-0.2, -0.15) is 0 Å². The number of rotatable bonds is 11. The van der Waals surface area contributed by atoms with Crippen molar-refractivity contribution in [3.8, 4) is 23.0 Å². The Hall–Kier alpha value is -3.41. The second kappa shape index (κ2) is 10.8. The highest BCUT2D eigenvalue weighted by Gasteiger charge is 2.17. The van der Waals surface area contributed by atoms with E-state index in [0.717, 1.165) is 49.3 Å². The first-order valence-corrected chi connectivity index (χ1v) is 11.1. The van der Waals surface area contributed by atoms with Gasteiger partial charge in [0.15, 0.2) is 11.5 Å². The quantitative estimate of drug-likeness (QED) is 0.223. The third-order valence-corrected chi connectivity index (χ3v) is 5.59. The summed E-state index contributed by atoms with van der Waals surface area (Å²) < 4.78 is 5.84. The maximum absolute atomic E-state index is 11.2. The van der Waals surface area contributed by atoms with E-state index < -0.39 is 5.97 Å². The summed E-state index contributed by atoms with van der Waals surface area (Å²) in [5.41, 5.74) is 1.65. The summed E-state index contributed by atoms with van der Waals surface area (Å²) in [5.74, 6) is -1.01. The minimum Gasteiger partial charge on any atom is -0.507 e. The van der Waals surface area contributed by atoms with Crippen LogP contribution in [0.3, 0.4) is 0 Å². The average molecular weight is 439 g/mol. The number of hydrogen-bond donors (Lipinski definition) is 4. The van der Waals surface area contributed by atoms with Crippen LogP contribution in [0.5, 0.6) is 23.0 Å². The molecule has 0 aliphatic heterocycles. The number of unbranched alkanes of at least 4 members (excludes halogenated alkanes) is 3. The Labute approximate surface area is 187 Å². The summed E-state index contributed by atoms with van der Waals surface area (Å²) in [7, 11) is 0. The molecule has 6 nitrogen and oxygen atoms in total. The van der Waals surface area contributed by atoms with Gasteiger partial charge in [-0.1, -0.05) is 44.4 Å². The molecule has 32 heavy (non-hydrogen) atoms. The van der Waals surface area contributed by atoms with E-state index >= 15 is 0 Å². The van der Waals surface area contributed by atoms with E-state index in [-0.39, 0.29) is 22.8 Å². The highest BCUT2D eigenvalue weighted by Crippen LogP contribution is 2.33. The van der Waals surface area contributed by atoms with E-state index in [1.54, 1.807) is 18.2 Å². The molecule has 3 aromatic rings. The standard InChI is InChI=1S/C26H30O6/c1-2-7-20-24(12-11-21(25(20)29)26(30)31)32-13-6-4-3-5-8-17-9-10-18-15-22(27)23(28)16-19(18)14-17/h9-12,14-16,27-29H,2-8,13H2,1H3,(H,30,31). The lowest BCUT2D eigenvalue weighted by Crippen LogP contribution is -2.04. The molecule has 0 aliphatic rings. The van der Waals surface area contributed by atoms with Crippen LogP contribution in [-0.4, -0.2) is 33.0 Å². The topological polar surface area (TPSA) is 107 Å². The Kier molecular flexibility index (Phi) is 7.82. The molecular weight excluding hydrogens is 408 g/mol. The van der Waals surface area contributed by atoms with Gasteiger partial charge in [0.25, 0.3) is 0 Å². The molecule has 0 spiro atoms. The van der Waals surface area contributed by atoms with Crippen molar-refractivity contribution in [3.63, 3.8) is 0 Å². The van der Waals surface area contributed by atoms with Gasteiger partial charge in [-0.3, -0.25) is 0 Å². The fourth-order valence-electron chi connectivity index (χ4n) is 3.86. The third-order valence-electron chi connectivity index (χ3n) is 5.59. The van der Waals surface area contributed by atoms with Crippen LogP contribution < -0.4 is 4.74 Å². The number of carboxylic acid groups (broad SMARTS) is 1. The van der Waals surface area contributed by atoms with Gasteiger partial charge < -0.3 is 25.2 Å². The van der Waals surface area contributed by atoms with Crippen molar-refractivity contribution in [2.45, 2.75) is 51.9 Å². The molecule has 0 unspecified atom stereocenters. The zero-order chi connectivity index (χ0) is 23.1. The highest BCUT2D eigenvalue weighted by molar-refractivity contribution is 5.91. The van der Waals surface area contributed by atoms with Gasteiger partial charge >= 0.3 is 5.97 Å². The molecule has 0 fully saturated rings. The molecule has 0 aliphatic carbocycles. The number of fused-ring (bicyclic) bond motifs is 1. The van der Waals surface area contributed by atoms with Crippen molar-refractivity contribution in [1.29, 1.82) is 0 Å². The Bertz CT molecular complexity index is 1090. The van der Waals surface area contributed by atoms with E-state index in [1.807, 2.05) is 25.1 Å². The van der Waals surface area contributed by atoms with Gasteiger partial charge in [-0.25, -0.2) is 4.79 Å². The number of carbonyl (C=O) groups is 1. The molecule has 0 radical (unpaired) electrons. The molecule has 0 saturated heterocycles. The number of carboxylic acids is 1. The van der Waals surface area contributed by atoms with Gasteiger partial charge in [0.2, 0.25) is 0 Å². The smallest absolute Gasteiger partial charge is 0.339 e. The first-order valence-electron chi connectivity index (χ1n) is 11.1. The first kappa shape index (κ1) is 23.3. The molecule has 0 heterocycles. The van der Waals surface area contributed by atoms with Crippen LogP contribution in [0.1, 0.15) is 60.5 Å². The van der Waals surface area contributed by atoms with Crippen molar-refractivity contribution in [1.82, 2.24) is 0 Å². The van der Waals surface area contributed by atoms with E-state index in [9.17, 15) is 25.2 Å². The van der Waals surface area contributed by atoms with E-state index in [1.165, 1.54) is 11.6 Å². The molecule has 0 saturated carbocycles. The minimum absolute atomic E-state index is 0.0958. The largest absolute Gasteiger partial charge is 0.507 e. The number of aromatic hydroxyl groups is 3. The van der Waals surface area contributed by atoms with Crippen LogP contribution in [0.4, 0.5) is 0 Å². The number of ether oxygens (including phenoxy) is 1. The second-order valence-corrected chi connectivity index (χ2v) is 8.03. The van der Waals surface area contributed by atoms with Crippen LogP contribution >= 0.6 is 0 Å². The molecule has 170 valence electrons.